The lowest BCUT2D eigenvalue weighted by atomic mass is 10.1. The Morgan fingerprint density at radius 3 is 2.25 bits per heavy atom. The van der Waals surface area contributed by atoms with E-state index in [1.165, 1.54) is 28.9 Å². The second-order valence-corrected chi connectivity index (χ2v) is 6.90. The van der Waals surface area contributed by atoms with E-state index in [1.807, 2.05) is 6.07 Å². The number of aryl methyl sites for hydroxylation is 1. The fourth-order valence-electron chi connectivity index (χ4n) is 3.25. The van der Waals surface area contributed by atoms with E-state index in [4.69, 9.17) is 4.74 Å². The zero-order valence-electron chi connectivity index (χ0n) is 15.9. The molecular formula is C21H23F3N2O2. The third-order valence-corrected chi connectivity index (χ3v) is 5.09. The number of ether oxygens (including phenoxy) is 1. The predicted molar refractivity (Wildman–Crippen MR) is 102 cm³/mol. The molecule has 0 N–H and O–H groups in total. The lowest BCUT2D eigenvalue weighted by molar-refractivity contribution is -0.137. The van der Waals surface area contributed by atoms with Crippen LogP contribution >= 0.6 is 0 Å². The molecule has 2 aromatic rings. The van der Waals surface area contributed by atoms with Crippen LogP contribution in [0.15, 0.2) is 42.5 Å². The summed E-state index contributed by atoms with van der Waals surface area (Å²) in [5.74, 6) is 0.0795. The third-order valence-electron chi connectivity index (χ3n) is 5.09. The van der Waals surface area contributed by atoms with Crippen LogP contribution in [-0.2, 0) is 11.0 Å². The zero-order chi connectivity index (χ0) is 20.3. The van der Waals surface area contributed by atoms with Gasteiger partial charge in [-0.15, -0.1) is 0 Å². The number of carbonyl (C=O) groups is 1. The molecule has 0 atom stereocenters. The van der Waals surface area contributed by atoms with Gasteiger partial charge in [-0.1, -0.05) is 12.1 Å². The Bertz CT molecular complexity index is 827. The number of alkyl halides is 3. The molecule has 0 spiro atoms. The van der Waals surface area contributed by atoms with Crippen LogP contribution in [0.25, 0.3) is 0 Å². The van der Waals surface area contributed by atoms with Crippen molar-refractivity contribution in [1.82, 2.24) is 4.90 Å². The summed E-state index contributed by atoms with van der Waals surface area (Å²) in [7, 11) is 0. The van der Waals surface area contributed by atoms with Crippen LogP contribution in [0.4, 0.5) is 18.9 Å². The largest absolute Gasteiger partial charge is 0.484 e. The Balaban J connectivity index is 1.51. The first-order valence-electron chi connectivity index (χ1n) is 9.14. The Hall–Kier alpha value is -2.70. The van der Waals surface area contributed by atoms with Crippen molar-refractivity contribution >= 4 is 11.6 Å². The molecule has 3 rings (SSSR count). The smallest absolute Gasteiger partial charge is 0.416 e. The summed E-state index contributed by atoms with van der Waals surface area (Å²) in [6, 6.07) is 10.6. The van der Waals surface area contributed by atoms with Crippen LogP contribution in [0, 0.1) is 13.8 Å². The van der Waals surface area contributed by atoms with Crippen molar-refractivity contribution in [3.8, 4) is 5.75 Å². The molecule has 2 aromatic carbocycles. The lowest BCUT2D eigenvalue weighted by Gasteiger charge is -2.37. The molecule has 0 aliphatic carbocycles. The Labute approximate surface area is 162 Å². The molecule has 1 aliphatic heterocycles. The van der Waals surface area contributed by atoms with E-state index in [-0.39, 0.29) is 18.3 Å². The quantitative estimate of drug-likeness (QED) is 0.787. The monoisotopic (exact) mass is 392 g/mol. The Morgan fingerprint density at radius 2 is 1.64 bits per heavy atom. The van der Waals surface area contributed by atoms with Crippen molar-refractivity contribution < 1.29 is 22.7 Å². The molecule has 0 bridgehead atoms. The topological polar surface area (TPSA) is 32.8 Å². The second kappa shape index (κ2) is 8.12. The van der Waals surface area contributed by atoms with Crippen LogP contribution in [0.5, 0.6) is 5.75 Å². The maximum Gasteiger partial charge on any atom is 0.416 e. The van der Waals surface area contributed by atoms with Crippen LogP contribution < -0.4 is 9.64 Å². The molecule has 4 nitrogen and oxygen atoms in total. The molecule has 0 aromatic heterocycles. The molecule has 0 radical (unpaired) electrons. The van der Waals surface area contributed by atoms with Gasteiger partial charge in [0, 0.05) is 31.9 Å². The molecule has 7 heteroatoms. The van der Waals surface area contributed by atoms with E-state index < -0.39 is 11.7 Å². The van der Waals surface area contributed by atoms with Gasteiger partial charge in [0.1, 0.15) is 5.75 Å². The van der Waals surface area contributed by atoms with Gasteiger partial charge in [0.05, 0.1) is 5.56 Å². The zero-order valence-corrected chi connectivity index (χ0v) is 15.9. The number of nitrogens with zero attached hydrogens (tertiary/aromatic N) is 2. The van der Waals surface area contributed by atoms with Crippen molar-refractivity contribution in [3.63, 3.8) is 0 Å². The summed E-state index contributed by atoms with van der Waals surface area (Å²) >= 11 is 0. The van der Waals surface area contributed by atoms with Gasteiger partial charge in [-0.05, 0) is 55.3 Å². The normalized spacial score (nSPS) is 14.9. The van der Waals surface area contributed by atoms with E-state index in [2.05, 4.69) is 30.9 Å². The van der Waals surface area contributed by atoms with E-state index in [0.29, 0.717) is 13.1 Å². The van der Waals surface area contributed by atoms with Crippen molar-refractivity contribution in [2.75, 3.05) is 37.7 Å². The molecule has 150 valence electrons. The number of carbonyl (C=O) groups excluding carboxylic acids is 1. The highest BCUT2D eigenvalue weighted by Gasteiger charge is 2.30. The number of amides is 1. The van der Waals surface area contributed by atoms with Gasteiger partial charge >= 0.3 is 6.18 Å². The predicted octanol–water partition coefficient (Wildman–Crippen LogP) is 4.05. The number of halogens is 3. The van der Waals surface area contributed by atoms with Crippen molar-refractivity contribution in [2.45, 2.75) is 20.0 Å². The summed E-state index contributed by atoms with van der Waals surface area (Å²) in [4.78, 5) is 16.4. The van der Waals surface area contributed by atoms with Crippen molar-refractivity contribution in [2.24, 2.45) is 0 Å². The molecule has 1 heterocycles. The van der Waals surface area contributed by atoms with Gasteiger partial charge in [0.25, 0.3) is 5.91 Å². The summed E-state index contributed by atoms with van der Waals surface area (Å²) in [5, 5.41) is 0. The second-order valence-electron chi connectivity index (χ2n) is 6.90. The van der Waals surface area contributed by atoms with Crippen molar-refractivity contribution in [1.29, 1.82) is 0 Å². The minimum atomic E-state index is -4.39. The molecule has 28 heavy (non-hydrogen) atoms. The highest BCUT2D eigenvalue weighted by atomic mass is 19.4. The molecular weight excluding hydrogens is 369 g/mol. The molecule has 0 unspecified atom stereocenters. The standard InChI is InChI=1S/C21H23F3N2O2/c1-15-4-3-5-19(16(15)2)25-10-12-26(13-11-25)20(27)14-28-18-8-6-17(7-9-18)21(22,23)24/h3-9H,10-14H2,1-2H3. The summed E-state index contributed by atoms with van der Waals surface area (Å²) in [5.41, 5.74) is 2.93. The van der Waals surface area contributed by atoms with E-state index in [1.54, 1.807) is 4.90 Å². The minimum absolute atomic E-state index is 0.166. The lowest BCUT2D eigenvalue weighted by Crippen LogP contribution is -2.50. The molecule has 1 aliphatic rings. The number of hydrogen-bond acceptors (Lipinski definition) is 3. The van der Waals surface area contributed by atoms with Gasteiger partial charge in [0.15, 0.2) is 6.61 Å². The van der Waals surface area contributed by atoms with Gasteiger partial charge in [-0.25, -0.2) is 0 Å². The maximum absolute atomic E-state index is 12.6. The number of hydrogen-bond donors (Lipinski definition) is 0. The fourth-order valence-corrected chi connectivity index (χ4v) is 3.25. The van der Waals surface area contributed by atoms with Crippen molar-refractivity contribution in [3.05, 3.63) is 59.2 Å². The molecule has 1 fully saturated rings. The number of anilines is 1. The Kier molecular flexibility index (Phi) is 5.82. The van der Waals surface area contributed by atoms with Crippen LogP contribution in [0.2, 0.25) is 0 Å². The summed E-state index contributed by atoms with van der Waals surface area (Å²) in [6.45, 7) is 6.63. The van der Waals surface area contributed by atoms with E-state index >= 15 is 0 Å². The SMILES string of the molecule is Cc1cccc(N2CCN(C(=O)COc3ccc(C(F)(F)F)cc3)CC2)c1C. The highest BCUT2D eigenvalue weighted by molar-refractivity contribution is 5.78. The third kappa shape index (κ3) is 4.58. The first kappa shape index (κ1) is 20.0. The van der Waals surface area contributed by atoms with Crippen LogP contribution in [0.1, 0.15) is 16.7 Å². The number of rotatable bonds is 4. The Morgan fingerprint density at radius 1 is 1.00 bits per heavy atom. The summed E-state index contributed by atoms with van der Waals surface area (Å²) < 4.78 is 43.1. The number of piperazine rings is 1. The van der Waals surface area contributed by atoms with Crippen LogP contribution in [0.3, 0.4) is 0 Å². The van der Waals surface area contributed by atoms with E-state index in [9.17, 15) is 18.0 Å². The van der Waals surface area contributed by atoms with Crippen LogP contribution in [-0.4, -0.2) is 43.6 Å². The van der Waals surface area contributed by atoms with Gasteiger partial charge in [-0.3, -0.25) is 4.79 Å². The first-order chi connectivity index (χ1) is 13.3. The minimum Gasteiger partial charge on any atom is -0.484 e. The van der Waals surface area contributed by atoms with Gasteiger partial charge in [0.2, 0.25) is 0 Å². The van der Waals surface area contributed by atoms with Gasteiger partial charge < -0.3 is 14.5 Å². The molecule has 0 saturated carbocycles. The highest BCUT2D eigenvalue weighted by Crippen LogP contribution is 2.30. The molecule has 1 saturated heterocycles. The summed E-state index contributed by atoms with van der Waals surface area (Å²) in [6.07, 6.45) is -4.39. The van der Waals surface area contributed by atoms with E-state index in [0.717, 1.165) is 25.2 Å². The van der Waals surface area contributed by atoms with Gasteiger partial charge in [-0.2, -0.15) is 13.2 Å². The molecule has 1 amide bonds. The number of benzene rings is 2. The average Bonchev–Trinajstić information content (AvgIpc) is 2.68. The first-order valence-corrected chi connectivity index (χ1v) is 9.14. The maximum atomic E-state index is 12.6. The fraction of sp³-hybridized carbons (Fsp3) is 0.381. The average molecular weight is 392 g/mol.